The number of nitrogens with zero attached hydrogens (tertiary/aromatic N) is 1. The summed E-state index contributed by atoms with van der Waals surface area (Å²) in [5.41, 5.74) is 1.69. The summed E-state index contributed by atoms with van der Waals surface area (Å²) in [7, 11) is 6.76. The molecular formula is C19H31ClN2O4. The lowest BCUT2D eigenvalue weighted by Crippen LogP contribution is -2.50. The van der Waals surface area contributed by atoms with Crippen molar-refractivity contribution in [2.45, 2.75) is 26.3 Å². The number of carbonyl (C=O) groups excluding carboxylic acids is 1. The van der Waals surface area contributed by atoms with Gasteiger partial charge in [-0.15, -0.1) is 12.4 Å². The molecule has 0 radical (unpaired) electrons. The number of benzene rings is 1. The number of aryl methyl sites for hydroxylation is 1. The van der Waals surface area contributed by atoms with Crippen molar-refractivity contribution in [2.75, 3.05) is 48.1 Å². The Morgan fingerprint density at radius 1 is 1.15 bits per heavy atom. The first-order valence-electron chi connectivity index (χ1n) is 8.64. The molecule has 7 heteroatoms. The smallest absolute Gasteiger partial charge is 0.231 e. The maximum absolute atomic E-state index is 13.2. The second kappa shape index (κ2) is 10.00. The fourth-order valence-corrected chi connectivity index (χ4v) is 3.53. The van der Waals surface area contributed by atoms with Gasteiger partial charge in [0.1, 0.15) is 0 Å². The number of piperidine rings is 1. The van der Waals surface area contributed by atoms with Gasteiger partial charge in [0.15, 0.2) is 11.5 Å². The molecule has 1 amide bonds. The highest BCUT2D eigenvalue weighted by atomic mass is 35.5. The van der Waals surface area contributed by atoms with E-state index in [0.717, 1.165) is 37.1 Å². The second-order valence-corrected chi connectivity index (χ2v) is 6.76. The fraction of sp³-hybridized carbons (Fsp3) is 0.632. The minimum Gasteiger partial charge on any atom is -0.493 e. The SMILES string of the molecule is COCC1(C(=O)N(C)Cc2cc(OC)c(OC)cc2C)CCNCC1.Cl. The zero-order valence-electron chi connectivity index (χ0n) is 16.4. The second-order valence-electron chi connectivity index (χ2n) is 6.76. The number of rotatable bonds is 7. The van der Waals surface area contributed by atoms with E-state index in [-0.39, 0.29) is 18.3 Å². The van der Waals surface area contributed by atoms with Crippen LogP contribution < -0.4 is 14.8 Å². The van der Waals surface area contributed by atoms with Gasteiger partial charge in [-0.25, -0.2) is 0 Å². The summed E-state index contributed by atoms with van der Waals surface area (Å²) in [4.78, 5) is 15.0. The molecule has 1 aromatic carbocycles. The van der Waals surface area contributed by atoms with Gasteiger partial charge in [0.25, 0.3) is 0 Å². The summed E-state index contributed by atoms with van der Waals surface area (Å²) in [6, 6.07) is 3.89. The summed E-state index contributed by atoms with van der Waals surface area (Å²) in [6.45, 7) is 4.70. The van der Waals surface area contributed by atoms with Crippen molar-refractivity contribution in [3.8, 4) is 11.5 Å². The predicted molar refractivity (Wildman–Crippen MR) is 104 cm³/mol. The molecule has 0 aliphatic carbocycles. The molecule has 0 aromatic heterocycles. The van der Waals surface area contributed by atoms with Gasteiger partial charge in [-0.05, 0) is 56.1 Å². The Morgan fingerprint density at radius 3 is 2.27 bits per heavy atom. The standard InChI is InChI=1S/C19H30N2O4.ClH/c1-14-10-16(24-4)17(25-5)11-15(14)12-21(2)18(22)19(13-23-3)6-8-20-9-7-19;/h10-11,20H,6-9,12-13H2,1-5H3;1H. The summed E-state index contributed by atoms with van der Waals surface area (Å²) < 4.78 is 16.1. The van der Waals surface area contributed by atoms with Crippen LogP contribution in [0.3, 0.4) is 0 Å². The maximum Gasteiger partial charge on any atom is 0.231 e. The molecule has 2 rings (SSSR count). The monoisotopic (exact) mass is 386 g/mol. The lowest BCUT2D eigenvalue weighted by molar-refractivity contribution is -0.146. The number of carbonyl (C=O) groups is 1. The minimum absolute atomic E-state index is 0. The summed E-state index contributed by atoms with van der Waals surface area (Å²) in [5.74, 6) is 1.52. The molecule has 6 nitrogen and oxygen atoms in total. The number of halogens is 1. The molecule has 148 valence electrons. The highest BCUT2D eigenvalue weighted by Crippen LogP contribution is 2.34. The summed E-state index contributed by atoms with van der Waals surface area (Å²) >= 11 is 0. The Bertz CT molecular complexity index is 598. The molecule has 0 bridgehead atoms. The molecule has 1 aliphatic rings. The van der Waals surface area contributed by atoms with Gasteiger partial charge in [-0.2, -0.15) is 0 Å². The molecule has 0 atom stereocenters. The zero-order chi connectivity index (χ0) is 18.4. The summed E-state index contributed by atoms with van der Waals surface area (Å²) in [5, 5.41) is 3.32. The minimum atomic E-state index is -0.431. The van der Waals surface area contributed by atoms with Crippen LogP contribution in [0.25, 0.3) is 0 Å². The molecule has 1 fully saturated rings. The van der Waals surface area contributed by atoms with Crippen molar-refractivity contribution >= 4 is 18.3 Å². The van der Waals surface area contributed by atoms with E-state index in [4.69, 9.17) is 14.2 Å². The molecule has 0 unspecified atom stereocenters. The van der Waals surface area contributed by atoms with E-state index in [1.54, 1.807) is 26.2 Å². The van der Waals surface area contributed by atoms with Crippen LogP contribution in [0.15, 0.2) is 12.1 Å². The van der Waals surface area contributed by atoms with Crippen molar-refractivity contribution in [1.29, 1.82) is 0 Å². The third-order valence-electron chi connectivity index (χ3n) is 5.03. The first kappa shape index (κ1) is 22.5. The van der Waals surface area contributed by atoms with E-state index in [9.17, 15) is 4.79 Å². The van der Waals surface area contributed by atoms with Gasteiger partial charge in [-0.3, -0.25) is 4.79 Å². The summed E-state index contributed by atoms with van der Waals surface area (Å²) in [6.07, 6.45) is 1.60. The number of hydrogen-bond donors (Lipinski definition) is 1. The van der Waals surface area contributed by atoms with Crippen LogP contribution in [0.5, 0.6) is 11.5 Å². The van der Waals surface area contributed by atoms with Crippen molar-refractivity contribution in [1.82, 2.24) is 10.2 Å². The van der Waals surface area contributed by atoms with E-state index in [0.29, 0.717) is 24.7 Å². The van der Waals surface area contributed by atoms with E-state index in [2.05, 4.69) is 5.32 Å². The highest BCUT2D eigenvalue weighted by Gasteiger charge is 2.41. The molecule has 26 heavy (non-hydrogen) atoms. The molecule has 0 saturated carbocycles. The molecule has 1 aromatic rings. The van der Waals surface area contributed by atoms with Crippen molar-refractivity contribution in [3.63, 3.8) is 0 Å². The number of methoxy groups -OCH3 is 3. The largest absolute Gasteiger partial charge is 0.493 e. The van der Waals surface area contributed by atoms with Gasteiger partial charge in [0.05, 0.1) is 26.2 Å². The van der Waals surface area contributed by atoms with E-state index in [1.807, 2.05) is 26.1 Å². The average molecular weight is 387 g/mol. The van der Waals surface area contributed by atoms with Crippen LogP contribution in [0.1, 0.15) is 24.0 Å². The van der Waals surface area contributed by atoms with Gasteiger partial charge >= 0.3 is 0 Å². The van der Waals surface area contributed by atoms with E-state index in [1.165, 1.54) is 0 Å². The predicted octanol–water partition coefficient (Wildman–Crippen LogP) is 2.41. The van der Waals surface area contributed by atoms with E-state index < -0.39 is 5.41 Å². The topological polar surface area (TPSA) is 60.0 Å². The first-order valence-corrected chi connectivity index (χ1v) is 8.64. The first-order chi connectivity index (χ1) is 12.0. The Hall–Kier alpha value is -1.50. The Balaban J connectivity index is 0.00000338. The van der Waals surface area contributed by atoms with Crippen LogP contribution >= 0.6 is 12.4 Å². The van der Waals surface area contributed by atoms with Gasteiger partial charge in [-0.1, -0.05) is 0 Å². The van der Waals surface area contributed by atoms with Crippen molar-refractivity contribution in [2.24, 2.45) is 5.41 Å². The zero-order valence-corrected chi connectivity index (χ0v) is 17.2. The number of hydrogen-bond acceptors (Lipinski definition) is 5. The van der Waals surface area contributed by atoms with Crippen LogP contribution in [-0.4, -0.2) is 58.9 Å². The molecular weight excluding hydrogens is 356 g/mol. The van der Waals surface area contributed by atoms with Crippen LogP contribution in [0.2, 0.25) is 0 Å². The average Bonchev–Trinajstić information content (AvgIpc) is 2.63. The Morgan fingerprint density at radius 2 is 1.73 bits per heavy atom. The number of ether oxygens (including phenoxy) is 3. The van der Waals surface area contributed by atoms with Gasteiger partial charge < -0.3 is 24.4 Å². The van der Waals surface area contributed by atoms with Gasteiger partial charge in [0.2, 0.25) is 5.91 Å². The Kier molecular flexibility index (Phi) is 8.67. The quantitative estimate of drug-likeness (QED) is 0.779. The molecule has 0 spiro atoms. The molecule has 1 saturated heterocycles. The van der Waals surface area contributed by atoms with Crippen LogP contribution in [0.4, 0.5) is 0 Å². The van der Waals surface area contributed by atoms with Crippen LogP contribution in [-0.2, 0) is 16.1 Å². The number of nitrogens with one attached hydrogen (secondary N) is 1. The van der Waals surface area contributed by atoms with Gasteiger partial charge in [0, 0.05) is 20.7 Å². The number of amides is 1. The third kappa shape index (κ3) is 4.81. The molecule has 1 heterocycles. The van der Waals surface area contributed by atoms with E-state index >= 15 is 0 Å². The van der Waals surface area contributed by atoms with Crippen LogP contribution in [0, 0.1) is 12.3 Å². The maximum atomic E-state index is 13.2. The molecule has 1 N–H and O–H groups in total. The highest BCUT2D eigenvalue weighted by molar-refractivity contribution is 5.85. The van der Waals surface area contributed by atoms with Crippen molar-refractivity contribution < 1.29 is 19.0 Å². The van der Waals surface area contributed by atoms with Crippen molar-refractivity contribution in [3.05, 3.63) is 23.3 Å². The lowest BCUT2D eigenvalue weighted by atomic mass is 9.78. The molecule has 1 aliphatic heterocycles. The third-order valence-corrected chi connectivity index (χ3v) is 5.03. The lowest BCUT2D eigenvalue weighted by Gasteiger charge is -2.38. The normalized spacial score (nSPS) is 15.7. The Labute approximate surface area is 162 Å². The fourth-order valence-electron chi connectivity index (χ4n) is 3.53.